The molecule has 0 saturated carbocycles. The largest absolute Gasteiger partial charge is 0.481 e. The number of rotatable bonds is 40. The number of ether oxygens (including phenoxy) is 3. The Labute approximate surface area is 435 Å². The SMILES string of the molecule is CC/C=C\C/C=C\C/C=C\C/C=C\CCCCCCC(=O)O[C@H](COC(=O)CCC[C@H](O)[C@@H](O)C/C=C\C/C=C\C/C=C\C/C=C\CC)COP(=O)(O)OP(=O)(O)OC[C@H]1O[C@@H](n2ccc(N)nc2=O)[C@H](O)[C@@H]1O. The maximum Gasteiger partial charge on any atom is 0.481 e. The van der Waals surface area contributed by atoms with Crippen molar-refractivity contribution in [2.45, 2.75) is 172 Å². The van der Waals surface area contributed by atoms with Crippen LogP contribution in [0.2, 0.25) is 0 Å². The molecule has 22 heteroatoms. The summed E-state index contributed by atoms with van der Waals surface area (Å²) in [6.07, 6.45) is 35.1. The van der Waals surface area contributed by atoms with E-state index in [4.69, 9.17) is 29.0 Å². The van der Waals surface area contributed by atoms with Gasteiger partial charge in [-0.1, -0.05) is 124 Å². The molecule has 1 aliphatic rings. The lowest BCUT2D eigenvalue weighted by molar-refractivity contribution is -0.161. The molecule has 9 atom stereocenters. The molecule has 20 nitrogen and oxygen atoms in total. The third kappa shape index (κ3) is 30.8. The lowest BCUT2D eigenvalue weighted by Gasteiger charge is -2.21. The zero-order chi connectivity index (χ0) is 54.5. The van der Waals surface area contributed by atoms with E-state index in [0.29, 0.717) is 19.3 Å². The van der Waals surface area contributed by atoms with Crippen molar-refractivity contribution in [3.8, 4) is 0 Å². The number of aliphatic hydroxyl groups is 4. The number of unbranched alkanes of at least 4 members (excludes halogenated alkanes) is 4. The summed E-state index contributed by atoms with van der Waals surface area (Å²) in [6.45, 7) is 1.60. The molecule has 0 bridgehead atoms. The number of phosphoric ester groups is 2. The molecule has 8 N–H and O–H groups in total. The first kappa shape index (κ1) is 65.7. The smallest absolute Gasteiger partial charge is 0.462 e. The minimum absolute atomic E-state index is 0.0450. The topological polar surface area (TPSA) is 306 Å². The number of hydrogen-bond acceptors (Lipinski definition) is 17. The number of phosphoric acid groups is 2. The van der Waals surface area contributed by atoms with E-state index in [1.807, 2.05) is 18.2 Å². The van der Waals surface area contributed by atoms with Crippen LogP contribution in [0.1, 0.15) is 136 Å². The molecule has 416 valence electrons. The monoisotopic (exact) mass is 1080 g/mol. The third-order valence-corrected chi connectivity index (χ3v) is 13.5. The predicted octanol–water partition coefficient (Wildman–Crippen LogP) is 8.38. The van der Waals surface area contributed by atoms with E-state index >= 15 is 0 Å². The van der Waals surface area contributed by atoms with Crippen molar-refractivity contribution in [2.24, 2.45) is 0 Å². The summed E-state index contributed by atoms with van der Waals surface area (Å²) in [7, 11) is -11.0. The van der Waals surface area contributed by atoms with Gasteiger partial charge < -0.3 is 50.2 Å². The van der Waals surface area contributed by atoms with Crippen LogP contribution in [0.5, 0.6) is 0 Å². The van der Waals surface area contributed by atoms with E-state index in [1.165, 1.54) is 6.07 Å². The van der Waals surface area contributed by atoms with Gasteiger partial charge in [0.1, 0.15) is 30.7 Å². The second-order valence-corrected chi connectivity index (χ2v) is 20.3. The van der Waals surface area contributed by atoms with Crippen LogP contribution >= 0.6 is 15.6 Å². The Bertz CT molecular complexity index is 2160. The first-order valence-electron chi connectivity index (χ1n) is 25.4. The fourth-order valence-corrected chi connectivity index (χ4v) is 8.97. The van der Waals surface area contributed by atoms with Gasteiger partial charge in [0.05, 0.1) is 25.4 Å². The fourth-order valence-electron chi connectivity index (χ4n) is 6.86. The standard InChI is InChI=1S/C52H81N3O17P2/c1-3-5-7-9-11-13-15-17-18-19-20-21-23-25-27-29-31-35-48(59)70-42(39-67-47(58)36-32-34-44(57)43(56)33-30-28-26-24-22-16-14-12-10-8-6-4-2)40-68-73(63,64)72-74(65,66)69-41-45-49(60)50(61)51(71-45)55-38-37-46(53)54-52(55)62/h5-8,11-14,17-18,20-22,24,28,30,37-38,42-45,49-51,56-57,60-61H,3-4,9-10,15-16,19,23,25-27,29,31-36,39-41H2,1-2H3,(H,63,64)(H,65,66)(H2,53,54,62)/b7-5-,8-6-,13-11-,14-12-,18-17-,21-20-,24-22-,30-28-/t42-,43+,44+,45-,49-,50-,51-/m1/s1. The van der Waals surface area contributed by atoms with Gasteiger partial charge in [0.2, 0.25) is 0 Å². The molecular weight excluding hydrogens is 1000 g/mol. The molecule has 0 radical (unpaired) electrons. The number of aliphatic hydroxyl groups excluding tert-OH is 4. The number of anilines is 1. The Morgan fingerprint density at radius 1 is 0.703 bits per heavy atom. The molecule has 2 heterocycles. The normalized spacial score (nSPS) is 20.5. The molecule has 1 aromatic rings. The first-order valence-corrected chi connectivity index (χ1v) is 28.4. The van der Waals surface area contributed by atoms with Crippen molar-refractivity contribution in [2.75, 3.05) is 25.6 Å². The molecule has 2 unspecified atom stereocenters. The summed E-state index contributed by atoms with van der Waals surface area (Å²) in [5.41, 5.74) is 4.56. The molecule has 0 spiro atoms. The van der Waals surface area contributed by atoms with Crippen LogP contribution in [0.25, 0.3) is 0 Å². The van der Waals surface area contributed by atoms with Gasteiger partial charge in [0, 0.05) is 19.0 Å². The highest BCUT2D eigenvalue weighted by atomic mass is 31.3. The average molecular weight is 1080 g/mol. The van der Waals surface area contributed by atoms with Gasteiger partial charge in [-0.25, -0.2) is 13.9 Å². The third-order valence-electron chi connectivity index (χ3n) is 10.9. The second kappa shape index (κ2) is 39.0. The number of nitrogens with two attached hydrogens (primary N) is 1. The molecule has 0 aliphatic carbocycles. The number of carbonyl (C=O) groups is 2. The molecule has 1 aromatic heterocycles. The van der Waals surface area contributed by atoms with E-state index in [-0.39, 0.29) is 37.9 Å². The summed E-state index contributed by atoms with van der Waals surface area (Å²) in [5, 5.41) is 41.8. The quantitative estimate of drug-likeness (QED) is 0.0140. The lowest BCUT2D eigenvalue weighted by Crippen LogP contribution is -2.36. The van der Waals surface area contributed by atoms with Gasteiger partial charge in [-0.15, -0.1) is 0 Å². The van der Waals surface area contributed by atoms with Crippen molar-refractivity contribution in [3.05, 3.63) is 120 Å². The summed E-state index contributed by atoms with van der Waals surface area (Å²) in [4.78, 5) is 62.0. The van der Waals surface area contributed by atoms with Gasteiger partial charge in [-0.3, -0.25) is 23.2 Å². The molecule has 1 fully saturated rings. The summed E-state index contributed by atoms with van der Waals surface area (Å²) >= 11 is 0. The van der Waals surface area contributed by atoms with Crippen molar-refractivity contribution < 1.29 is 76.5 Å². The van der Waals surface area contributed by atoms with Gasteiger partial charge in [-0.2, -0.15) is 9.29 Å². The highest BCUT2D eigenvalue weighted by molar-refractivity contribution is 7.61. The number of nitrogen functional groups attached to an aromatic ring is 1. The van der Waals surface area contributed by atoms with Gasteiger partial charge >= 0.3 is 33.3 Å². The lowest BCUT2D eigenvalue weighted by atomic mass is 10.0. The minimum atomic E-state index is -5.50. The van der Waals surface area contributed by atoms with E-state index < -0.39 is 95.9 Å². The number of esters is 2. The Kier molecular flexibility index (Phi) is 34.7. The van der Waals surface area contributed by atoms with Crippen LogP contribution in [0.3, 0.4) is 0 Å². The van der Waals surface area contributed by atoms with E-state index in [9.17, 15) is 53.7 Å². The average Bonchev–Trinajstić information content (AvgIpc) is 3.63. The maximum absolute atomic E-state index is 12.9. The number of allylic oxidation sites excluding steroid dienone is 15. The van der Waals surface area contributed by atoms with Crippen LogP contribution in [0, 0.1) is 0 Å². The van der Waals surface area contributed by atoms with E-state index in [0.717, 1.165) is 75.0 Å². The van der Waals surface area contributed by atoms with E-state index in [2.05, 4.69) is 96.1 Å². The van der Waals surface area contributed by atoms with Crippen LogP contribution in [-0.4, -0.2) is 108 Å². The van der Waals surface area contributed by atoms with Gasteiger partial charge in [-0.05, 0) is 96.0 Å². The van der Waals surface area contributed by atoms with E-state index in [1.54, 1.807) is 6.08 Å². The van der Waals surface area contributed by atoms with Crippen molar-refractivity contribution in [1.82, 2.24) is 9.55 Å². The Morgan fingerprint density at radius 3 is 1.81 bits per heavy atom. The molecular formula is C52H81N3O17P2. The summed E-state index contributed by atoms with van der Waals surface area (Å²) in [5.74, 6) is -1.64. The fraction of sp³-hybridized carbons (Fsp3) is 0.577. The molecule has 2 rings (SSSR count). The van der Waals surface area contributed by atoms with Crippen LogP contribution < -0.4 is 11.4 Å². The van der Waals surface area contributed by atoms with Crippen LogP contribution in [0.15, 0.2) is 114 Å². The number of carbonyl (C=O) groups excluding carboxylic acids is 2. The molecule has 74 heavy (non-hydrogen) atoms. The Morgan fingerprint density at radius 2 is 1.23 bits per heavy atom. The summed E-state index contributed by atoms with van der Waals surface area (Å²) in [6, 6.07) is 1.23. The second-order valence-electron chi connectivity index (χ2n) is 17.2. The minimum Gasteiger partial charge on any atom is -0.462 e. The first-order chi connectivity index (χ1) is 35.5. The van der Waals surface area contributed by atoms with Gasteiger partial charge in [0.25, 0.3) is 0 Å². The Balaban J connectivity index is 1.88. The Hall–Kier alpha value is -4.40. The van der Waals surface area contributed by atoms with Crippen molar-refractivity contribution >= 4 is 33.4 Å². The number of hydrogen-bond donors (Lipinski definition) is 7. The van der Waals surface area contributed by atoms with Crippen molar-refractivity contribution in [1.29, 1.82) is 0 Å². The molecule has 0 amide bonds. The molecule has 1 saturated heterocycles. The number of aromatic nitrogens is 2. The van der Waals surface area contributed by atoms with Gasteiger partial charge in [0.15, 0.2) is 12.3 Å². The zero-order valence-corrected chi connectivity index (χ0v) is 44.6. The highest BCUT2D eigenvalue weighted by Gasteiger charge is 2.46. The summed E-state index contributed by atoms with van der Waals surface area (Å²) < 4.78 is 56.5. The highest BCUT2D eigenvalue weighted by Crippen LogP contribution is 2.60. The molecule has 0 aromatic carbocycles. The van der Waals surface area contributed by atoms with Crippen LogP contribution in [0.4, 0.5) is 5.82 Å². The maximum atomic E-state index is 12.9. The molecule has 1 aliphatic heterocycles. The predicted molar refractivity (Wildman–Crippen MR) is 282 cm³/mol. The number of nitrogens with zero attached hydrogens (tertiary/aromatic N) is 2. The van der Waals surface area contributed by atoms with Crippen LogP contribution in [-0.2, 0) is 46.3 Å². The van der Waals surface area contributed by atoms with Crippen molar-refractivity contribution in [3.63, 3.8) is 0 Å². The zero-order valence-electron chi connectivity index (χ0n) is 42.8.